The molecule has 1 N–H and O–H groups in total. The summed E-state index contributed by atoms with van der Waals surface area (Å²) in [4.78, 5) is 30.1. The number of carbonyl (C=O) groups excluding carboxylic acids is 1. The summed E-state index contributed by atoms with van der Waals surface area (Å²) in [6.45, 7) is 4.42. The molecule has 2 aliphatic heterocycles. The lowest BCUT2D eigenvalue weighted by Crippen LogP contribution is -2.56. The van der Waals surface area contributed by atoms with Crippen LogP contribution < -0.4 is 0 Å². The Labute approximate surface area is 149 Å². The first-order chi connectivity index (χ1) is 12.1. The number of aliphatic carboxylic acids is 1. The number of likely N-dealkylation sites (tertiary alicyclic amines) is 1. The van der Waals surface area contributed by atoms with Gasteiger partial charge in [-0.05, 0) is 18.4 Å². The van der Waals surface area contributed by atoms with Gasteiger partial charge in [0.25, 0.3) is 0 Å². The molecule has 0 aromatic heterocycles. The third-order valence-electron chi connectivity index (χ3n) is 5.18. The number of amides is 2. The summed E-state index contributed by atoms with van der Waals surface area (Å²) in [5.41, 5.74) is 1.28. The van der Waals surface area contributed by atoms with Crippen molar-refractivity contribution in [1.29, 1.82) is 0 Å². The molecule has 1 aromatic rings. The van der Waals surface area contributed by atoms with Crippen LogP contribution >= 0.6 is 0 Å². The van der Waals surface area contributed by atoms with E-state index in [1.165, 1.54) is 5.56 Å². The van der Waals surface area contributed by atoms with Crippen LogP contribution in [0.5, 0.6) is 0 Å². The lowest BCUT2D eigenvalue weighted by molar-refractivity contribution is -0.142. The summed E-state index contributed by atoms with van der Waals surface area (Å²) in [7, 11) is 0. The van der Waals surface area contributed by atoms with Gasteiger partial charge in [-0.25, -0.2) is 9.59 Å². The molecule has 1 aromatic carbocycles. The van der Waals surface area contributed by atoms with Crippen LogP contribution in [0, 0.1) is 0 Å². The molecular formula is C19H27N3O3. The van der Waals surface area contributed by atoms with Crippen LogP contribution in [0.4, 0.5) is 4.79 Å². The van der Waals surface area contributed by atoms with E-state index in [-0.39, 0.29) is 6.03 Å². The first kappa shape index (κ1) is 17.7. The molecule has 136 valence electrons. The van der Waals surface area contributed by atoms with E-state index in [0.29, 0.717) is 26.1 Å². The van der Waals surface area contributed by atoms with Crippen molar-refractivity contribution in [3.05, 3.63) is 35.9 Å². The molecule has 25 heavy (non-hydrogen) atoms. The standard InChI is InChI=1S/C19H27N3O3/c23-18(24)17-9-5-2-6-10-22(17)19(25)21-13-11-20(12-14-21)15-16-7-3-1-4-8-16/h1,3-4,7-8,17H,2,5-6,9-15H2,(H,23,24). The zero-order valence-electron chi connectivity index (χ0n) is 14.6. The number of carboxylic acid groups (broad SMARTS) is 1. The van der Waals surface area contributed by atoms with Gasteiger partial charge in [-0.2, -0.15) is 0 Å². The van der Waals surface area contributed by atoms with Crippen LogP contribution in [0.1, 0.15) is 31.2 Å². The Hall–Kier alpha value is -2.08. The molecule has 3 rings (SSSR count). The maximum atomic E-state index is 12.9. The van der Waals surface area contributed by atoms with E-state index in [1.54, 1.807) is 4.90 Å². The van der Waals surface area contributed by atoms with E-state index in [4.69, 9.17) is 0 Å². The molecule has 0 radical (unpaired) electrons. The monoisotopic (exact) mass is 345 g/mol. The van der Waals surface area contributed by atoms with Crippen LogP contribution in [-0.4, -0.2) is 70.6 Å². The fourth-order valence-electron chi connectivity index (χ4n) is 3.71. The van der Waals surface area contributed by atoms with Gasteiger partial charge in [0.2, 0.25) is 0 Å². The van der Waals surface area contributed by atoms with E-state index in [2.05, 4.69) is 17.0 Å². The highest BCUT2D eigenvalue weighted by atomic mass is 16.4. The molecule has 0 bridgehead atoms. The van der Waals surface area contributed by atoms with Crippen molar-refractivity contribution in [2.45, 2.75) is 38.3 Å². The molecule has 0 saturated carbocycles. The van der Waals surface area contributed by atoms with E-state index in [0.717, 1.165) is 38.9 Å². The molecule has 6 nitrogen and oxygen atoms in total. The summed E-state index contributed by atoms with van der Waals surface area (Å²) in [6, 6.07) is 9.56. The van der Waals surface area contributed by atoms with E-state index in [1.807, 2.05) is 23.1 Å². The van der Waals surface area contributed by atoms with Crippen molar-refractivity contribution >= 4 is 12.0 Å². The largest absolute Gasteiger partial charge is 0.480 e. The topological polar surface area (TPSA) is 64.1 Å². The van der Waals surface area contributed by atoms with Crippen molar-refractivity contribution in [2.75, 3.05) is 32.7 Å². The minimum atomic E-state index is -0.877. The van der Waals surface area contributed by atoms with Crippen molar-refractivity contribution in [3.63, 3.8) is 0 Å². The maximum Gasteiger partial charge on any atom is 0.326 e. The quantitative estimate of drug-likeness (QED) is 0.913. The highest BCUT2D eigenvalue weighted by molar-refractivity contribution is 5.82. The third-order valence-corrected chi connectivity index (χ3v) is 5.18. The van der Waals surface area contributed by atoms with Gasteiger partial charge in [0, 0.05) is 39.3 Å². The first-order valence-corrected chi connectivity index (χ1v) is 9.20. The predicted molar refractivity (Wildman–Crippen MR) is 95.3 cm³/mol. The van der Waals surface area contributed by atoms with E-state index < -0.39 is 12.0 Å². The highest BCUT2D eigenvalue weighted by Crippen LogP contribution is 2.20. The number of hydrogen-bond donors (Lipinski definition) is 1. The fourth-order valence-corrected chi connectivity index (χ4v) is 3.71. The summed E-state index contributed by atoms with van der Waals surface area (Å²) >= 11 is 0. The number of carbonyl (C=O) groups is 2. The van der Waals surface area contributed by atoms with Crippen molar-refractivity contribution in [2.24, 2.45) is 0 Å². The second kappa shape index (κ2) is 8.34. The van der Waals surface area contributed by atoms with Crippen LogP contribution in [0.3, 0.4) is 0 Å². The van der Waals surface area contributed by atoms with Gasteiger partial charge in [0.15, 0.2) is 0 Å². The Balaban J connectivity index is 1.56. The van der Waals surface area contributed by atoms with E-state index in [9.17, 15) is 14.7 Å². The number of nitrogens with zero attached hydrogens (tertiary/aromatic N) is 3. The van der Waals surface area contributed by atoms with Crippen molar-refractivity contribution in [1.82, 2.24) is 14.7 Å². The van der Waals surface area contributed by atoms with Gasteiger partial charge in [-0.15, -0.1) is 0 Å². The maximum absolute atomic E-state index is 12.9. The molecule has 2 fully saturated rings. The third kappa shape index (κ3) is 4.51. The molecule has 2 saturated heterocycles. The highest BCUT2D eigenvalue weighted by Gasteiger charge is 2.34. The zero-order valence-corrected chi connectivity index (χ0v) is 14.6. The van der Waals surface area contributed by atoms with Crippen LogP contribution in [-0.2, 0) is 11.3 Å². The number of hydrogen-bond acceptors (Lipinski definition) is 3. The van der Waals surface area contributed by atoms with Crippen LogP contribution in [0.25, 0.3) is 0 Å². The first-order valence-electron chi connectivity index (χ1n) is 9.20. The zero-order chi connectivity index (χ0) is 17.6. The van der Waals surface area contributed by atoms with Crippen molar-refractivity contribution < 1.29 is 14.7 Å². The molecular weight excluding hydrogens is 318 g/mol. The van der Waals surface area contributed by atoms with Gasteiger partial charge in [0.1, 0.15) is 6.04 Å². The lowest BCUT2D eigenvalue weighted by atomic mass is 10.1. The normalized spacial score (nSPS) is 22.5. The summed E-state index contributed by atoms with van der Waals surface area (Å²) in [6.07, 6.45) is 3.34. The number of piperazine rings is 1. The summed E-state index contributed by atoms with van der Waals surface area (Å²) in [5.74, 6) is -0.877. The number of urea groups is 1. The minimum absolute atomic E-state index is 0.103. The molecule has 2 amide bonds. The van der Waals surface area contributed by atoms with Crippen LogP contribution in [0.15, 0.2) is 30.3 Å². The second-order valence-electron chi connectivity index (χ2n) is 6.93. The average molecular weight is 345 g/mol. The molecule has 0 spiro atoms. The molecule has 2 aliphatic rings. The average Bonchev–Trinajstić information content (AvgIpc) is 2.89. The summed E-state index contributed by atoms with van der Waals surface area (Å²) in [5, 5.41) is 9.47. The van der Waals surface area contributed by atoms with Gasteiger partial charge in [0.05, 0.1) is 0 Å². The molecule has 6 heteroatoms. The Morgan fingerprint density at radius 2 is 1.68 bits per heavy atom. The smallest absolute Gasteiger partial charge is 0.326 e. The Morgan fingerprint density at radius 3 is 2.36 bits per heavy atom. The van der Waals surface area contributed by atoms with Gasteiger partial charge in [-0.3, -0.25) is 4.90 Å². The van der Waals surface area contributed by atoms with Gasteiger partial charge >= 0.3 is 12.0 Å². The molecule has 1 atom stereocenters. The lowest BCUT2D eigenvalue weighted by Gasteiger charge is -2.38. The summed E-state index contributed by atoms with van der Waals surface area (Å²) < 4.78 is 0. The second-order valence-corrected chi connectivity index (χ2v) is 6.93. The van der Waals surface area contributed by atoms with Gasteiger partial charge < -0.3 is 14.9 Å². The molecule has 0 aliphatic carbocycles. The Bertz CT molecular complexity index is 585. The molecule has 1 unspecified atom stereocenters. The van der Waals surface area contributed by atoms with Crippen molar-refractivity contribution in [3.8, 4) is 0 Å². The Kier molecular flexibility index (Phi) is 5.91. The van der Waals surface area contributed by atoms with Gasteiger partial charge in [-0.1, -0.05) is 43.2 Å². The predicted octanol–water partition coefficient (Wildman–Crippen LogP) is 2.25. The van der Waals surface area contributed by atoms with Crippen LogP contribution in [0.2, 0.25) is 0 Å². The SMILES string of the molecule is O=C(O)C1CCCCCN1C(=O)N1CCN(Cc2ccccc2)CC1. The fraction of sp³-hybridized carbons (Fsp3) is 0.579. The minimum Gasteiger partial charge on any atom is -0.480 e. The number of benzene rings is 1. The van der Waals surface area contributed by atoms with E-state index >= 15 is 0 Å². The Morgan fingerprint density at radius 1 is 0.960 bits per heavy atom. The molecule has 2 heterocycles. The number of rotatable bonds is 3. The number of carboxylic acids is 1.